The van der Waals surface area contributed by atoms with Crippen molar-refractivity contribution in [1.29, 1.82) is 0 Å². The highest BCUT2D eigenvalue weighted by molar-refractivity contribution is 5.72. The number of nitrogen functional groups attached to an aromatic ring is 1. The van der Waals surface area contributed by atoms with Crippen molar-refractivity contribution >= 4 is 11.5 Å². The van der Waals surface area contributed by atoms with Crippen LogP contribution in [0.5, 0.6) is 0 Å². The van der Waals surface area contributed by atoms with Crippen LogP contribution < -0.4 is 10.6 Å². The van der Waals surface area contributed by atoms with Gasteiger partial charge in [0.25, 0.3) is 0 Å². The molecular weight excluding hydrogens is 296 g/mol. The van der Waals surface area contributed by atoms with Crippen molar-refractivity contribution in [3.63, 3.8) is 0 Å². The Balaban J connectivity index is 2.03. The predicted molar refractivity (Wildman–Crippen MR) is 101 cm³/mol. The highest BCUT2D eigenvalue weighted by Crippen LogP contribution is 2.34. The van der Waals surface area contributed by atoms with Crippen LogP contribution in [0.4, 0.5) is 11.5 Å². The highest BCUT2D eigenvalue weighted by Gasteiger charge is 2.25. The number of anilines is 2. The van der Waals surface area contributed by atoms with E-state index in [2.05, 4.69) is 23.4 Å². The maximum atomic E-state index is 6.29. The van der Waals surface area contributed by atoms with E-state index in [4.69, 9.17) is 10.7 Å². The molecule has 4 heteroatoms. The number of nitrogens with zero attached hydrogens (tertiary/aromatic N) is 3. The molecule has 1 saturated carbocycles. The minimum Gasteiger partial charge on any atom is -0.396 e. The van der Waals surface area contributed by atoms with E-state index in [1.54, 1.807) is 6.20 Å². The molecule has 2 aromatic rings. The third-order valence-electron chi connectivity index (χ3n) is 4.80. The number of hydrogen-bond acceptors (Lipinski definition) is 4. The Labute approximate surface area is 144 Å². The third-order valence-corrected chi connectivity index (χ3v) is 4.80. The molecule has 2 aromatic heterocycles. The first kappa shape index (κ1) is 16.5. The summed E-state index contributed by atoms with van der Waals surface area (Å²) in [5.74, 6) is 0.829. The average Bonchev–Trinajstić information content (AvgIpc) is 2.58. The molecule has 0 atom stereocenters. The summed E-state index contributed by atoms with van der Waals surface area (Å²) < 4.78 is 0. The molecule has 1 aliphatic rings. The molecule has 0 saturated heterocycles. The summed E-state index contributed by atoms with van der Waals surface area (Å²) in [5.41, 5.74) is 11.1. The fourth-order valence-corrected chi connectivity index (χ4v) is 3.54. The van der Waals surface area contributed by atoms with Crippen molar-refractivity contribution < 1.29 is 0 Å². The number of hydrogen-bond donors (Lipinski definition) is 1. The SMILES string of the molecule is C=C(C)N(c1nc(-c2cnccc2C)ccc1N)C1CCCCC1. The Bertz CT molecular complexity index is 732. The van der Waals surface area contributed by atoms with Gasteiger partial charge in [-0.05, 0) is 50.5 Å². The van der Waals surface area contributed by atoms with Gasteiger partial charge in [-0.15, -0.1) is 0 Å². The minimum absolute atomic E-state index is 0.441. The van der Waals surface area contributed by atoms with Crippen LogP contribution >= 0.6 is 0 Å². The van der Waals surface area contributed by atoms with Crippen LogP contribution in [0.25, 0.3) is 11.3 Å². The van der Waals surface area contributed by atoms with Gasteiger partial charge in [-0.2, -0.15) is 0 Å². The molecule has 2 N–H and O–H groups in total. The van der Waals surface area contributed by atoms with E-state index < -0.39 is 0 Å². The van der Waals surface area contributed by atoms with Crippen LogP contribution in [0.2, 0.25) is 0 Å². The molecule has 3 rings (SSSR count). The van der Waals surface area contributed by atoms with Gasteiger partial charge in [-0.25, -0.2) is 4.98 Å². The normalized spacial score (nSPS) is 15.2. The molecule has 0 amide bonds. The predicted octanol–water partition coefficient (Wildman–Crippen LogP) is 4.71. The van der Waals surface area contributed by atoms with Gasteiger partial charge in [-0.1, -0.05) is 25.8 Å². The number of allylic oxidation sites excluding steroid dienone is 1. The molecule has 1 aliphatic carbocycles. The van der Waals surface area contributed by atoms with Gasteiger partial charge in [0.1, 0.15) is 0 Å². The van der Waals surface area contributed by atoms with Crippen molar-refractivity contribution in [3.05, 3.63) is 48.4 Å². The van der Waals surface area contributed by atoms with Gasteiger partial charge in [-0.3, -0.25) is 4.98 Å². The zero-order valence-corrected chi connectivity index (χ0v) is 14.6. The van der Waals surface area contributed by atoms with E-state index in [9.17, 15) is 0 Å². The lowest BCUT2D eigenvalue weighted by atomic mass is 9.93. The molecule has 0 unspecified atom stereocenters. The lowest BCUT2D eigenvalue weighted by Crippen LogP contribution is -2.36. The molecule has 2 heterocycles. The molecule has 126 valence electrons. The average molecular weight is 322 g/mol. The number of aromatic nitrogens is 2. The third kappa shape index (κ3) is 3.28. The van der Waals surface area contributed by atoms with Crippen molar-refractivity contribution in [1.82, 2.24) is 9.97 Å². The standard InChI is InChI=1S/C20H26N4/c1-14(2)24(16-7-5-4-6-8-16)20-18(21)9-10-19(23-20)17-13-22-12-11-15(17)3/h9-13,16H,1,4-8,21H2,2-3H3. The quantitative estimate of drug-likeness (QED) is 0.886. The molecule has 24 heavy (non-hydrogen) atoms. The number of rotatable bonds is 4. The molecule has 1 fully saturated rings. The summed E-state index contributed by atoms with van der Waals surface area (Å²) in [6, 6.07) is 6.37. The van der Waals surface area contributed by atoms with Crippen LogP contribution in [0.15, 0.2) is 42.9 Å². The van der Waals surface area contributed by atoms with Crippen molar-refractivity contribution in [2.75, 3.05) is 10.6 Å². The fourth-order valence-electron chi connectivity index (χ4n) is 3.54. The molecule has 4 nitrogen and oxygen atoms in total. The fraction of sp³-hybridized carbons (Fsp3) is 0.400. The number of nitrogens with two attached hydrogens (primary N) is 1. The molecular formula is C20H26N4. The maximum absolute atomic E-state index is 6.29. The Morgan fingerprint density at radius 3 is 2.62 bits per heavy atom. The lowest BCUT2D eigenvalue weighted by Gasteiger charge is -2.36. The lowest BCUT2D eigenvalue weighted by molar-refractivity contribution is 0.428. The van der Waals surface area contributed by atoms with E-state index in [-0.39, 0.29) is 0 Å². The number of aryl methyl sites for hydroxylation is 1. The van der Waals surface area contributed by atoms with E-state index >= 15 is 0 Å². The summed E-state index contributed by atoms with van der Waals surface area (Å²) in [6.07, 6.45) is 9.85. The summed E-state index contributed by atoms with van der Waals surface area (Å²) in [5, 5.41) is 0. The summed E-state index contributed by atoms with van der Waals surface area (Å²) >= 11 is 0. The second-order valence-corrected chi connectivity index (χ2v) is 6.70. The minimum atomic E-state index is 0.441. The van der Waals surface area contributed by atoms with E-state index in [1.807, 2.05) is 31.3 Å². The van der Waals surface area contributed by atoms with Crippen molar-refractivity contribution in [3.8, 4) is 11.3 Å². The van der Waals surface area contributed by atoms with Crippen molar-refractivity contribution in [2.24, 2.45) is 0 Å². The molecule has 0 bridgehead atoms. The topological polar surface area (TPSA) is 55.0 Å². The van der Waals surface area contributed by atoms with Crippen LogP contribution in [-0.4, -0.2) is 16.0 Å². The van der Waals surface area contributed by atoms with Gasteiger partial charge >= 0.3 is 0 Å². The summed E-state index contributed by atoms with van der Waals surface area (Å²) in [7, 11) is 0. The molecule has 0 spiro atoms. The summed E-state index contributed by atoms with van der Waals surface area (Å²) in [4.78, 5) is 11.4. The van der Waals surface area contributed by atoms with Crippen LogP contribution in [0.3, 0.4) is 0 Å². The van der Waals surface area contributed by atoms with Gasteiger partial charge in [0, 0.05) is 29.7 Å². The first-order chi connectivity index (χ1) is 11.6. The number of pyridine rings is 2. The zero-order chi connectivity index (χ0) is 17.1. The largest absolute Gasteiger partial charge is 0.396 e. The van der Waals surface area contributed by atoms with Gasteiger partial charge < -0.3 is 10.6 Å². The Morgan fingerprint density at radius 2 is 1.96 bits per heavy atom. The van der Waals surface area contributed by atoms with Crippen molar-refractivity contribution in [2.45, 2.75) is 52.0 Å². The maximum Gasteiger partial charge on any atom is 0.156 e. The zero-order valence-electron chi connectivity index (χ0n) is 14.6. The van der Waals surface area contributed by atoms with E-state index in [0.717, 1.165) is 28.3 Å². The van der Waals surface area contributed by atoms with Crippen LogP contribution in [0.1, 0.15) is 44.6 Å². The molecule has 0 aliphatic heterocycles. The van der Waals surface area contributed by atoms with E-state index in [0.29, 0.717) is 11.7 Å². The molecule has 0 aromatic carbocycles. The van der Waals surface area contributed by atoms with Gasteiger partial charge in [0.2, 0.25) is 0 Å². The van der Waals surface area contributed by atoms with E-state index in [1.165, 1.54) is 32.1 Å². The highest BCUT2D eigenvalue weighted by atomic mass is 15.2. The molecule has 0 radical (unpaired) electrons. The Morgan fingerprint density at radius 1 is 1.21 bits per heavy atom. The summed E-state index contributed by atoms with van der Waals surface area (Å²) in [6.45, 7) is 8.30. The smallest absolute Gasteiger partial charge is 0.156 e. The van der Waals surface area contributed by atoms with Crippen LogP contribution in [-0.2, 0) is 0 Å². The van der Waals surface area contributed by atoms with Gasteiger partial charge in [0.05, 0.1) is 11.4 Å². The Hall–Kier alpha value is -2.36. The second-order valence-electron chi connectivity index (χ2n) is 6.70. The monoisotopic (exact) mass is 322 g/mol. The van der Waals surface area contributed by atoms with Gasteiger partial charge in [0.15, 0.2) is 5.82 Å². The van der Waals surface area contributed by atoms with Crippen LogP contribution in [0, 0.1) is 6.92 Å². The first-order valence-electron chi connectivity index (χ1n) is 8.70. The first-order valence-corrected chi connectivity index (χ1v) is 8.70. The Kier molecular flexibility index (Phi) is 4.84. The second kappa shape index (κ2) is 7.04.